The molecule has 2 aromatic heterocycles. The fraction of sp³-hybridized carbons (Fsp3) is 0.333. The fourth-order valence-electron chi connectivity index (χ4n) is 1.63. The second-order valence-corrected chi connectivity index (χ2v) is 3.86. The number of aromatic nitrogens is 4. The van der Waals surface area contributed by atoms with Gasteiger partial charge >= 0.3 is 0 Å². The van der Waals surface area contributed by atoms with E-state index in [1.165, 1.54) is 12.5 Å². The van der Waals surface area contributed by atoms with Gasteiger partial charge in [-0.1, -0.05) is 0 Å². The molecule has 100 valence electrons. The van der Waals surface area contributed by atoms with Crippen molar-refractivity contribution in [1.82, 2.24) is 25.1 Å². The highest BCUT2D eigenvalue weighted by molar-refractivity contribution is 5.93. The van der Waals surface area contributed by atoms with E-state index in [1.54, 1.807) is 23.9 Å². The number of carbonyl (C=O) groups excluding carboxylic acids is 1. The van der Waals surface area contributed by atoms with Crippen molar-refractivity contribution in [2.24, 2.45) is 0 Å². The molecule has 0 saturated heterocycles. The van der Waals surface area contributed by atoms with E-state index in [0.29, 0.717) is 12.1 Å². The molecular formula is C12H16N6O. The average Bonchev–Trinajstić information content (AvgIpc) is 2.92. The van der Waals surface area contributed by atoms with Crippen LogP contribution >= 0.6 is 0 Å². The molecular weight excluding hydrogens is 244 g/mol. The molecule has 0 bridgehead atoms. The van der Waals surface area contributed by atoms with E-state index in [0.717, 1.165) is 18.2 Å². The predicted octanol–water partition coefficient (Wildman–Crippen LogP) is 0.665. The summed E-state index contributed by atoms with van der Waals surface area (Å²) in [7, 11) is 1.78. The van der Waals surface area contributed by atoms with E-state index < -0.39 is 0 Å². The Morgan fingerprint density at radius 3 is 2.84 bits per heavy atom. The number of hydrogen-bond donors (Lipinski definition) is 2. The predicted molar refractivity (Wildman–Crippen MR) is 70.6 cm³/mol. The van der Waals surface area contributed by atoms with Crippen LogP contribution in [0.15, 0.2) is 24.7 Å². The maximum Gasteiger partial charge on any atom is 0.253 e. The number of nitrogens with one attached hydrogen (secondary N) is 2. The molecule has 7 nitrogen and oxygen atoms in total. The number of hydrogen-bond acceptors (Lipinski definition) is 5. The summed E-state index contributed by atoms with van der Waals surface area (Å²) < 4.78 is 1.74. The third-order valence-electron chi connectivity index (χ3n) is 2.68. The molecule has 0 unspecified atom stereocenters. The normalized spacial score (nSPS) is 10.2. The van der Waals surface area contributed by atoms with Gasteiger partial charge in [-0.15, -0.1) is 0 Å². The SMILES string of the molecule is CCn1ncnc1CNC(=O)c1ccc(NC)nc1. The molecule has 2 heterocycles. The number of carbonyl (C=O) groups is 1. The highest BCUT2D eigenvalue weighted by Crippen LogP contribution is 2.04. The third-order valence-corrected chi connectivity index (χ3v) is 2.68. The van der Waals surface area contributed by atoms with Gasteiger partial charge in [0.25, 0.3) is 5.91 Å². The third kappa shape index (κ3) is 3.06. The van der Waals surface area contributed by atoms with Crippen molar-refractivity contribution in [3.05, 3.63) is 36.0 Å². The number of anilines is 1. The summed E-state index contributed by atoms with van der Waals surface area (Å²) in [4.78, 5) is 20.1. The van der Waals surface area contributed by atoms with Crippen molar-refractivity contribution < 1.29 is 4.79 Å². The number of pyridine rings is 1. The van der Waals surface area contributed by atoms with Crippen LogP contribution in [0.25, 0.3) is 0 Å². The molecule has 0 aliphatic heterocycles. The lowest BCUT2D eigenvalue weighted by atomic mass is 10.2. The zero-order chi connectivity index (χ0) is 13.7. The smallest absolute Gasteiger partial charge is 0.253 e. The molecule has 1 amide bonds. The first-order valence-corrected chi connectivity index (χ1v) is 6.03. The minimum atomic E-state index is -0.180. The maximum atomic E-state index is 11.9. The van der Waals surface area contributed by atoms with Crippen molar-refractivity contribution in [3.63, 3.8) is 0 Å². The molecule has 0 aliphatic rings. The highest BCUT2D eigenvalue weighted by atomic mass is 16.1. The van der Waals surface area contributed by atoms with Crippen LogP contribution in [0.4, 0.5) is 5.82 Å². The van der Waals surface area contributed by atoms with E-state index in [-0.39, 0.29) is 5.91 Å². The topological polar surface area (TPSA) is 84.7 Å². The monoisotopic (exact) mass is 260 g/mol. The van der Waals surface area contributed by atoms with Crippen molar-refractivity contribution >= 4 is 11.7 Å². The quantitative estimate of drug-likeness (QED) is 0.825. The van der Waals surface area contributed by atoms with E-state index in [1.807, 2.05) is 6.92 Å². The molecule has 0 fully saturated rings. The van der Waals surface area contributed by atoms with E-state index in [9.17, 15) is 4.79 Å². The van der Waals surface area contributed by atoms with Crippen LogP contribution in [0.3, 0.4) is 0 Å². The first-order chi connectivity index (χ1) is 9.24. The van der Waals surface area contributed by atoms with E-state index in [4.69, 9.17) is 0 Å². The summed E-state index contributed by atoms with van der Waals surface area (Å²) in [5.41, 5.74) is 0.515. The standard InChI is InChI=1S/C12H16N6O/c1-3-18-11(16-8-17-18)7-15-12(19)9-4-5-10(13-2)14-6-9/h4-6,8H,3,7H2,1-2H3,(H,13,14)(H,15,19). The second kappa shape index (κ2) is 5.94. The minimum absolute atomic E-state index is 0.180. The highest BCUT2D eigenvalue weighted by Gasteiger charge is 2.08. The van der Waals surface area contributed by atoms with Crippen LogP contribution in [-0.2, 0) is 13.1 Å². The molecule has 2 N–H and O–H groups in total. The summed E-state index contributed by atoms with van der Waals surface area (Å²) in [6.07, 6.45) is 3.01. The van der Waals surface area contributed by atoms with E-state index >= 15 is 0 Å². The molecule has 0 aromatic carbocycles. The molecule has 0 spiro atoms. The maximum absolute atomic E-state index is 11.9. The van der Waals surface area contributed by atoms with Crippen LogP contribution in [0, 0.1) is 0 Å². The van der Waals surface area contributed by atoms with Gasteiger partial charge in [0.05, 0.1) is 12.1 Å². The molecule has 0 radical (unpaired) electrons. The van der Waals surface area contributed by atoms with Gasteiger partial charge in [-0.05, 0) is 19.1 Å². The Kier molecular flexibility index (Phi) is 4.07. The lowest BCUT2D eigenvalue weighted by molar-refractivity contribution is 0.0949. The zero-order valence-corrected chi connectivity index (χ0v) is 10.9. The fourth-order valence-corrected chi connectivity index (χ4v) is 1.63. The Labute approximate surface area is 111 Å². The van der Waals surface area contributed by atoms with Crippen LogP contribution in [0.1, 0.15) is 23.1 Å². The molecule has 19 heavy (non-hydrogen) atoms. The summed E-state index contributed by atoms with van der Waals surface area (Å²) in [5.74, 6) is 1.28. The van der Waals surface area contributed by atoms with Crippen LogP contribution in [0.2, 0.25) is 0 Å². The first kappa shape index (κ1) is 13.0. The second-order valence-electron chi connectivity index (χ2n) is 3.86. The summed E-state index contributed by atoms with van der Waals surface area (Å²) in [6.45, 7) is 3.05. The average molecular weight is 260 g/mol. The summed E-state index contributed by atoms with van der Waals surface area (Å²) in [5, 5.41) is 9.73. The Morgan fingerprint density at radius 2 is 2.21 bits per heavy atom. The van der Waals surface area contributed by atoms with Gasteiger partial charge in [0.1, 0.15) is 18.0 Å². The van der Waals surface area contributed by atoms with Crippen LogP contribution < -0.4 is 10.6 Å². The van der Waals surface area contributed by atoms with Crippen molar-refractivity contribution in [2.75, 3.05) is 12.4 Å². The van der Waals surface area contributed by atoms with Gasteiger partial charge in [0.2, 0.25) is 0 Å². The van der Waals surface area contributed by atoms with Gasteiger partial charge in [0.15, 0.2) is 0 Å². The molecule has 0 aliphatic carbocycles. The Bertz CT molecular complexity index is 548. The van der Waals surface area contributed by atoms with Gasteiger partial charge in [-0.3, -0.25) is 4.79 Å². The van der Waals surface area contributed by atoms with Crippen molar-refractivity contribution in [3.8, 4) is 0 Å². The largest absolute Gasteiger partial charge is 0.373 e. The van der Waals surface area contributed by atoms with Crippen LogP contribution in [-0.4, -0.2) is 32.7 Å². The molecule has 2 rings (SSSR count). The molecule has 0 saturated carbocycles. The van der Waals surface area contributed by atoms with E-state index in [2.05, 4.69) is 25.7 Å². The lowest BCUT2D eigenvalue weighted by Gasteiger charge is -2.06. The van der Waals surface area contributed by atoms with Crippen LogP contribution in [0.5, 0.6) is 0 Å². The summed E-state index contributed by atoms with van der Waals surface area (Å²) in [6, 6.07) is 3.47. The minimum Gasteiger partial charge on any atom is -0.373 e. The van der Waals surface area contributed by atoms with Crippen molar-refractivity contribution in [1.29, 1.82) is 0 Å². The molecule has 7 heteroatoms. The molecule has 2 aromatic rings. The Morgan fingerprint density at radius 1 is 1.37 bits per heavy atom. The Hall–Kier alpha value is -2.44. The zero-order valence-electron chi connectivity index (χ0n) is 10.9. The summed E-state index contributed by atoms with van der Waals surface area (Å²) >= 11 is 0. The lowest BCUT2D eigenvalue weighted by Crippen LogP contribution is -2.25. The number of rotatable bonds is 5. The Balaban J connectivity index is 1.97. The van der Waals surface area contributed by atoms with Gasteiger partial charge < -0.3 is 10.6 Å². The first-order valence-electron chi connectivity index (χ1n) is 6.03. The van der Waals surface area contributed by atoms with Crippen molar-refractivity contribution in [2.45, 2.75) is 20.0 Å². The van der Waals surface area contributed by atoms with Gasteiger partial charge in [-0.2, -0.15) is 5.10 Å². The van der Waals surface area contributed by atoms with Gasteiger partial charge in [-0.25, -0.2) is 14.6 Å². The van der Waals surface area contributed by atoms with Gasteiger partial charge in [0, 0.05) is 19.8 Å². The molecule has 0 atom stereocenters. The number of amides is 1. The number of aryl methyl sites for hydroxylation is 1. The number of nitrogens with zero attached hydrogens (tertiary/aromatic N) is 4.